The van der Waals surface area contributed by atoms with Gasteiger partial charge in [-0.3, -0.25) is 4.79 Å². The zero-order valence-corrected chi connectivity index (χ0v) is 12.4. The van der Waals surface area contributed by atoms with E-state index >= 15 is 0 Å². The normalized spacial score (nSPS) is 19.7. The molecule has 1 N–H and O–H groups in total. The van der Waals surface area contributed by atoms with Gasteiger partial charge in [-0.1, -0.05) is 29.8 Å². The first-order valence-corrected chi connectivity index (χ1v) is 7.05. The standard InChI is InChI=1S/C17H10ClFO4/c18-10-7-5-9(6-8-10)14(20)13-15(21)17(22)23-16(13)11-3-1-2-4-12(11)19/h1-8,16,20H/b14-13-. The molecule has 1 aliphatic heterocycles. The number of esters is 1. The lowest BCUT2D eigenvalue weighted by atomic mass is 9.96. The van der Waals surface area contributed by atoms with Crippen molar-refractivity contribution >= 4 is 29.1 Å². The molecular formula is C17H10ClFO4. The number of rotatable bonds is 2. The van der Waals surface area contributed by atoms with Gasteiger partial charge < -0.3 is 9.84 Å². The Labute approximate surface area is 135 Å². The number of halogens is 2. The number of cyclic esters (lactones) is 1. The summed E-state index contributed by atoms with van der Waals surface area (Å²) in [6, 6.07) is 11.6. The Hall–Kier alpha value is -2.66. The van der Waals surface area contributed by atoms with Crippen molar-refractivity contribution < 1.29 is 23.8 Å². The zero-order valence-electron chi connectivity index (χ0n) is 11.6. The van der Waals surface area contributed by atoms with Crippen LogP contribution in [0.3, 0.4) is 0 Å². The number of aliphatic hydroxyl groups is 1. The highest BCUT2D eigenvalue weighted by Gasteiger charge is 2.43. The number of hydrogen-bond acceptors (Lipinski definition) is 4. The monoisotopic (exact) mass is 332 g/mol. The summed E-state index contributed by atoms with van der Waals surface area (Å²) in [5.41, 5.74) is -0.0120. The van der Waals surface area contributed by atoms with E-state index < -0.39 is 29.4 Å². The van der Waals surface area contributed by atoms with E-state index in [9.17, 15) is 19.1 Å². The smallest absolute Gasteiger partial charge is 0.380 e. The molecule has 1 atom stereocenters. The predicted octanol–water partition coefficient (Wildman–Crippen LogP) is 3.62. The number of carbonyl (C=O) groups is 2. The Morgan fingerprint density at radius 1 is 1.09 bits per heavy atom. The van der Waals surface area contributed by atoms with Gasteiger partial charge >= 0.3 is 5.97 Å². The molecule has 2 aromatic rings. The number of hydrogen-bond donors (Lipinski definition) is 1. The van der Waals surface area contributed by atoms with Crippen molar-refractivity contribution in [2.24, 2.45) is 0 Å². The summed E-state index contributed by atoms with van der Waals surface area (Å²) in [6.07, 6.45) is -1.29. The number of aliphatic hydroxyl groups excluding tert-OH is 1. The first kappa shape index (κ1) is 15.2. The minimum Gasteiger partial charge on any atom is -0.507 e. The highest BCUT2D eigenvalue weighted by atomic mass is 35.5. The zero-order chi connectivity index (χ0) is 16.6. The number of ketones is 1. The van der Waals surface area contributed by atoms with E-state index in [1.807, 2.05) is 0 Å². The lowest BCUT2D eigenvalue weighted by molar-refractivity contribution is -0.149. The average Bonchev–Trinajstić information content (AvgIpc) is 2.83. The number of carbonyl (C=O) groups excluding carboxylic acids is 2. The van der Waals surface area contributed by atoms with Gasteiger partial charge in [-0.25, -0.2) is 9.18 Å². The van der Waals surface area contributed by atoms with Crippen LogP contribution >= 0.6 is 11.6 Å². The summed E-state index contributed by atoms with van der Waals surface area (Å²) in [7, 11) is 0. The molecular weight excluding hydrogens is 323 g/mol. The van der Waals surface area contributed by atoms with Crippen LogP contribution in [0, 0.1) is 5.82 Å². The van der Waals surface area contributed by atoms with Crippen molar-refractivity contribution in [2.45, 2.75) is 6.10 Å². The van der Waals surface area contributed by atoms with E-state index in [0.29, 0.717) is 5.02 Å². The molecule has 1 unspecified atom stereocenters. The fraction of sp³-hybridized carbons (Fsp3) is 0.0588. The van der Waals surface area contributed by atoms with Crippen LogP contribution in [0.4, 0.5) is 4.39 Å². The highest BCUT2D eigenvalue weighted by molar-refractivity contribution is 6.44. The molecule has 0 bridgehead atoms. The molecule has 0 amide bonds. The second-order valence-corrected chi connectivity index (χ2v) is 5.34. The number of ether oxygens (including phenoxy) is 1. The van der Waals surface area contributed by atoms with Gasteiger partial charge in [-0.05, 0) is 30.3 Å². The van der Waals surface area contributed by atoms with Gasteiger partial charge in [-0.15, -0.1) is 0 Å². The van der Waals surface area contributed by atoms with E-state index in [0.717, 1.165) is 0 Å². The third-order valence-corrected chi connectivity index (χ3v) is 3.73. The van der Waals surface area contributed by atoms with Gasteiger partial charge in [0.25, 0.3) is 5.78 Å². The summed E-state index contributed by atoms with van der Waals surface area (Å²) >= 11 is 5.78. The van der Waals surface area contributed by atoms with Crippen molar-refractivity contribution in [3.63, 3.8) is 0 Å². The second-order valence-electron chi connectivity index (χ2n) is 4.91. The van der Waals surface area contributed by atoms with E-state index in [1.54, 1.807) is 6.07 Å². The molecule has 1 fully saturated rings. The van der Waals surface area contributed by atoms with Crippen LogP contribution in [0.2, 0.25) is 5.02 Å². The van der Waals surface area contributed by atoms with Crippen LogP contribution in [0.5, 0.6) is 0 Å². The van der Waals surface area contributed by atoms with E-state index in [2.05, 4.69) is 0 Å². The molecule has 0 radical (unpaired) electrons. The van der Waals surface area contributed by atoms with Crippen molar-refractivity contribution in [3.8, 4) is 0 Å². The molecule has 0 saturated carbocycles. The molecule has 116 valence electrons. The Balaban J connectivity index is 2.15. The third-order valence-electron chi connectivity index (χ3n) is 3.48. The van der Waals surface area contributed by atoms with Gasteiger partial charge in [0.05, 0.1) is 5.57 Å². The fourth-order valence-corrected chi connectivity index (χ4v) is 2.48. The lowest BCUT2D eigenvalue weighted by Gasteiger charge is -2.13. The molecule has 0 spiro atoms. The van der Waals surface area contributed by atoms with Crippen LogP contribution in [-0.4, -0.2) is 16.9 Å². The maximum absolute atomic E-state index is 14.0. The Kier molecular flexibility index (Phi) is 3.88. The van der Waals surface area contributed by atoms with Gasteiger partial charge in [0.15, 0.2) is 6.10 Å². The van der Waals surface area contributed by atoms with Gasteiger partial charge in [-0.2, -0.15) is 0 Å². The first-order valence-electron chi connectivity index (χ1n) is 6.68. The fourth-order valence-electron chi connectivity index (χ4n) is 2.35. The first-order chi connectivity index (χ1) is 11.0. The van der Waals surface area contributed by atoms with Crippen molar-refractivity contribution in [2.75, 3.05) is 0 Å². The van der Waals surface area contributed by atoms with Crippen molar-refractivity contribution in [1.29, 1.82) is 0 Å². The van der Waals surface area contributed by atoms with Crippen LogP contribution in [0.25, 0.3) is 5.76 Å². The Morgan fingerprint density at radius 2 is 1.74 bits per heavy atom. The molecule has 0 aromatic heterocycles. The lowest BCUT2D eigenvalue weighted by Crippen LogP contribution is -2.08. The topological polar surface area (TPSA) is 63.6 Å². The third kappa shape index (κ3) is 2.71. The maximum atomic E-state index is 14.0. The quantitative estimate of drug-likeness (QED) is 0.395. The highest BCUT2D eigenvalue weighted by Crippen LogP contribution is 2.37. The molecule has 1 saturated heterocycles. The summed E-state index contributed by atoms with van der Waals surface area (Å²) in [6.45, 7) is 0. The Bertz CT molecular complexity index is 827. The van der Waals surface area contributed by atoms with Gasteiger partial charge in [0, 0.05) is 16.1 Å². The largest absolute Gasteiger partial charge is 0.507 e. The van der Waals surface area contributed by atoms with Crippen molar-refractivity contribution in [3.05, 3.63) is 76.1 Å². The molecule has 2 aromatic carbocycles. The average molecular weight is 333 g/mol. The molecule has 0 aliphatic carbocycles. The van der Waals surface area contributed by atoms with E-state index in [4.69, 9.17) is 16.3 Å². The number of benzene rings is 2. The molecule has 23 heavy (non-hydrogen) atoms. The predicted molar refractivity (Wildman–Crippen MR) is 81.2 cm³/mol. The molecule has 3 rings (SSSR count). The number of Topliss-reactive ketones (excluding diaryl/α,β-unsaturated/α-hetero) is 1. The summed E-state index contributed by atoms with van der Waals surface area (Å²) in [4.78, 5) is 23.6. The summed E-state index contributed by atoms with van der Waals surface area (Å²) < 4.78 is 18.9. The summed E-state index contributed by atoms with van der Waals surface area (Å²) in [5.74, 6) is -3.20. The van der Waals surface area contributed by atoms with Crippen LogP contribution in [-0.2, 0) is 14.3 Å². The van der Waals surface area contributed by atoms with Crippen molar-refractivity contribution in [1.82, 2.24) is 0 Å². The molecule has 1 aliphatic rings. The van der Waals surface area contributed by atoms with Crippen LogP contribution < -0.4 is 0 Å². The summed E-state index contributed by atoms with van der Waals surface area (Å²) in [5, 5.41) is 10.8. The maximum Gasteiger partial charge on any atom is 0.380 e. The van der Waals surface area contributed by atoms with Crippen LogP contribution in [0.1, 0.15) is 17.2 Å². The molecule has 6 heteroatoms. The molecule has 4 nitrogen and oxygen atoms in total. The minimum atomic E-state index is -1.29. The molecule has 1 heterocycles. The Morgan fingerprint density at radius 3 is 2.39 bits per heavy atom. The minimum absolute atomic E-state index is 0.00205. The van der Waals surface area contributed by atoms with Gasteiger partial charge in [0.1, 0.15) is 11.6 Å². The van der Waals surface area contributed by atoms with E-state index in [1.165, 1.54) is 42.5 Å². The van der Waals surface area contributed by atoms with Gasteiger partial charge in [0.2, 0.25) is 0 Å². The SMILES string of the molecule is O=C1OC(c2ccccc2F)/C(=C(\O)c2ccc(Cl)cc2)C1=O. The second kappa shape index (κ2) is 5.85. The van der Waals surface area contributed by atoms with Crippen LogP contribution in [0.15, 0.2) is 54.1 Å². The van der Waals surface area contributed by atoms with E-state index in [-0.39, 0.29) is 16.7 Å².